The van der Waals surface area contributed by atoms with Crippen LogP contribution in [0.2, 0.25) is 0 Å². The van der Waals surface area contributed by atoms with Crippen molar-refractivity contribution in [2.75, 3.05) is 13.1 Å². The maximum atomic E-state index is 12.5. The van der Waals surface area contributed by atoms with E-state index in [0.29, 0.717) is 18.9 Å². The Morgan fingerprint density at radius 3 is 3.00 bits per heavy atom. The molecular formula is C15H21NO3S. The van der Waals surface area contributed by atoms with Crippen LogP contribution >= 0.6 is 11.3 Å². The van der Waals surface area contributed by atoms with E-state index in [9.17, 15) is 9.59 Å². The molecule has 1 amide bonds. The minimum Gasteiger partial charge on any atom is -0.481 e. The number of nitrogens with zero attached hydrogens (tertiary/aromatic N) is 1. The predicted molar refractivity (Wildman–Crippen MR) is 78.9 cm³/mol. The number of carbonyl (C=O) groups excluding carboxylic acids is 1. The van der Waals surface area contributed by atoms with Crippen LogP contribution in [0.4, 0.5) is 0 Å². The molecule has 20 heavy (non-hydrogen) atoms. The molecule has 0 radical (unpaired) electrons. The van der Waals surface area contributed by atoms with Gasteiger partial charge in [-0.05, 0) is 43.6 Å². The molecular weight excluding hydrogens is 274 g/mol. The summed E-state index contributed by atoms with van der Waals surface area (Å²) in [4.78, 5) is 26.2. The van der Waals surface area contributed by atoms with Crippen molar-refractivity contribution in [3.8, 4) is 0 Å². The molecule has 4 nitrogen and oxygen atoms in total. The second kappa shape index (κ2) is 6.88. The molecule has 1 aromatic rings. The SMILES string of the molecule is C[C@H](C(=O)N1CCC[C@@H](CCC(=O)O)C1)c1cccs1. The summed E-state index contributed by atoms with van der Waals surface area (Å²) in [7, 11) is 0. The van der Waals surface area contributed by atoms with Crippen LogP contribution in [0.3, 0.4) is 0 Å². The van der Waals surface area contributed by atoms with E-state index in [1.807, 2.05) is 29.3 Å². The second-order valence-electron chi connectivity index (χ2n) is 5.46. The Labute approximate surface area is 123 Å². The summed E-state index contributed by atoms with van der Waals surface area (Å²) in [6.45, 7) is 3.47. The Kier molecular flexibility index (Phi) is 5.17. The lowest BCUT2D eigenvalue weighted by atomic mass is 9.92. The van der Waals surface area contributed by atoms with Gasteiger partial charge in [0.2, 0.25) is 5.91 Å². The number of carboxylic acids is 1. The van der Waals surface area contributed by atoms with Gasteiger partial charge in [0.15, 0.2) is 0 Å². The number of likely N-dealkylation sites (tertiary alicyclic amines) is 1. The van der Waals surface area contributed by atoms with Gasteiger partial charge in [-0.15, -0.1) is 11.3 Å². The first-order valence-corrected chi connectivity index (χ1v) is 8.00. The van der Waals surface area contributed by atoms with E-state index in [-0.39, 0.29) is 18.2 Å². The van der Waals surface area contributed by atoms with Gasteiger partial charge >= 0.3 is 5.97 Å². The van der Waals surface area contributed by atoms with Crippen LogP contribution in [-0.4, -0.2) is 35.0 Å². The van der Waals surface area contributed by atoms with E-state index < -0.39 is 5.97 Å². The number of carboxylic acid groups (broad SMARTS) is 1. The first kappa shape index (κ1) is 15.0. The molecule has 0 saturated carbocycles. The van der Waals surface area contributed by atoms with Gasteiger partial charge in [-0.2, -0.15) is 0 Å². The minimum absolute atomic E-state index is 0.0896. The molecule has 0 aliphatic carbocycles. The fraction of sp³-hybridized carbons (Fsp3) is 0.600. The fourth-order valence-corrected chi connectivity index (χ4v) is 3.54. The van der Waals surface area contributed by atoms with Crippen molar-refractivity contribution in [1.82, 2.24) is 4.90 Å². The largest absolute Gasteiger partial charge is 0.481 e. The smallest absolute Gasteiger partial charge is 0.303 e. The highest BCUT2D eigenvalue weighted by Gasteiger charge is 2.27. The number of amides is 1. The molecule has 2 atom stereocenters. The highest BCUT2D eigenvalue weighted by atomic mass is 32.1. The van der Waals surface area contributed by atoms with Crippen molar-refractivity contribution in [1.29, 1.82) is 0 Å². The quantitative estimate of drug-likeness (QED) is 0.908. The average Bonchev–Trinajstić information content (AvgIpc) is 2.98. The molecule has 110 valence electrons. The Morgan fingerprint density at radius 2 is 2.35 bits per heavy atom. The summed E-state index contributed by atoms with van der Waals surface area (Å²) in [5.41, 5.74) is 0. The monoisotopic (exact) mass is 295 g/mol. The van der Waals surface area contributed by atoms with Gasteiger partial charge in [-0.3, -0.25) is 9.59 Å². The zero-order valence-electron chi connectivity index (χ0n) is 11.7. The number of hydrogen-bond acceptors (Lipinski definition) is 3. The van der Waals surface area contributed by atoms with E-state index in [4.69, 9.17) is 5.11 Å². The maximum absolute atomic E-state index is 12.5. The van der Waals surface area contributed by atoms with E-state index in [2.05, 4.69) is 0 Å². The van der Waals surface area contributed by atoms with Gasteiger partial charge in [-0.1, -0.05) is 6.07 Å². The number of piperidine rings is 1. The predicted octanol–water partition coefficient (Wildman–Crippen LogP) is 2.96. The van der Waals surface area contributed by atoms with E-state index >= 15 is 0 Å². The Bertz CT molecular complexity index is 458. The lowest BCUT2D eigenvalue weighted by molar-refractivity contribution is -0.137. The molecule has 1 N–H and O–H groups in total. The Hall–Kier alpha value is -1.36. The van der Waals surface area contributed by atoms with Crippen LogP contribution in [-0.2, 0) is 9.59 Å². The normalized spacial score (nSPS) is 20.6. The van der Waals surface area contributed by atoms with Crippen LogP contribution in [0.5, 0.6) is 0 Å². The molecule has 1 fully saturated rings. The molecule has 0 bridgehead atoms. The van der Waals surface area contributed by atoms with Crippen molar-refractivity contribution in [2.45, 2.75) is 38.5 Å². The number of rotatable bonds is 5. The topological polar surface area (TPSA) is 57.6 Å². The summed E-state index contributed by atoms with van der Waals surface area (Å²) in [5, 5.41) is 10.7. The maximum Gasteiger partial charge on any atom is 0.303 e. The van der Waals surface area contributed by atoms with Crippen molar-refractivity contribution in [3.05, 3.63) is 22.4 Å². The van der Waals surface area contributed by atoms with Crippen LogP contribution in [0.1, 0.15) is 43.4 Å². The zero-order chi connectivity index (χ0) is 14.5. The standard InChI is InChI=1S/C15H21NO3S/c1-11(13-5-3-9-20-13)15(19)16-8-2-4-12(10-16)6-7-14(17)18/h3,5,9,11-12H,2,4,6-8,10H2,1H3,(H,17,18)/t11-,12-/m0/s1. The molecule has 2 heterocycles. The van der Waals surface area contributed by atoms with Crippen molar-refractivity contribution >= 4 is 23.2 Å². The molecule has 1 aliphatic heterocycles. The fourth-order valence-electron chi connectivity index (χ4n) is 2.76. The van der Waals surface area contributed by atoms with Crippen LogP contribution in [0, 0.1) is 5.92 Å². The summed E-state index contributed by atoms with van der Waals surface area (Å²) in [6, 6.07) is 3.97. The first-order chi connectivity index (χ1) is 9.58. The number of aliphatic carboxylic acids is 1. The highest BCUT2D eigenvalue weighted by molar-refractivity contribution is 7.10. The molecule has 5 heteroatoms. The van der Waals surface area contributed by atoms with Gasteiger partial charge in [0.05, 0.1) is 5.92 Å². The second-order valence-corrected chi connectivity index (χ2v) is 6.44. The molecule has 0 aromatic carbocycles. The lowest BCUT2D eigenvalue weighted by Crippen LogP contribution is -2.41. The van der Waals surface area contributed by atoms with Gasteiger partial charge in [0.1, 0.15) is 0 Å². The number of carbonyl (C=O) groups is 2. The number of thiophene rings is 1. The third kappa shape index (κ3) is 3.82. The molecule has 0 unspecified atom stereocenters. The minimum atomic E-state index is -0.750. The molecule has 1 aromatic heterocycles. The van der Waals surface area contributed by atoms with E-state index in [1.54, 1.807) is 11.3 Å². The third-order valence-electron chi connectivity index (χ3n) is 3.94. The summed E-state index contributed by atoms with van der Waals surface area (Å²) >= 11 is 1.61. The Morgan fingerprint density at radius 1 is 1.55 bits per heavy atom. The van der Waals surface area contributed by atoms with E-state index in [0.717, 1.165) is 24.3 Å². The molecule has 1 aliphatic rings. The highest BCUT2D eigenvalue weighted by Crippen LogP contribution is 2.27. The Balaban J connectivity index is 1.91. The molecule has 1 saturated heterocycles. The van der Waals surface area contributed by atoms with Crippen molar-refractivity contribution < 1.29 is 14.7 Å². The summed E-state index contributed by atoms with van der Waals surface area (Å²) in [6.07, 6.45) is 2.89. The molecule has 0 spiro atoms. The lowest BCUT2D eigenvalue weighted by Gasteiger charge is -2.34. The third-order valence-corrected chi connectivity index (χ3v) is 4.99. The summed E-state index contributed by atoms with van der Waals surface area (Å²) in [5.74, 6) is -0.333. The molecule has 2 rings (SSSR count). The van der Waals surface area contributed by atoms with E-state index in [1.165, 1.54) is 0 Å². The van der Waals surface area contributed by atoms with Gasteiger partial charge < -0.3 is 10.0 Å². The van der Waals surface area contributed by atoms with Crippen LogP contribution < -0.4 is 0 Å². The zero-order valence-corrected chi connectivity index (χ0v) is 12.6. The number of hydrogen-bond donors (Lipinski definition) is 1. The van der Waals surface area contributed by atoms with Crippen molar-refractivity contribution in [2.24, 2.45) is 5.92 Å². The summed E-state index contributed by atoms with van der Waals surface area (Å²) < 4.78 is 0. The van der Waals surface area contributed by atoms with Gasteiger partial charge in [0.25, 0.3) is 0 Å². The van der Waals surface area contributed by atoms with Crippen molar-refractivity contribution in [3.63, 3.8) is 0 Å². The first-order valence-electron chi connectivity index (χ1n) is 7.12. The van der Waals surface area contributed by atoms with Gasteiger partial charge in [-0.25, -0.2) is 0 Å². The average molecular weight is 295 g/mol. The van der Waals surface area contributed by atoms with Crippen LogP contribution in [0.15, 0.2) is 17.5 Å². The van der Waals surface area contributed by atoms with Gasteiger partial charge in [0, 0.05) is 24.4 Å². The van der Waals surface area contributed by atoms with Crippen LogP contribution in [0.25, 0.3) is 0 Å².